The van der Waals surface area contributed by atoms with Gasteiger partial charge in [-0.1, -0.05) is 18.2 Å². The Morgan fingerprint density at radius 1 is 1.18 bits per heavy atom. The average Bonchev–Trinajstić information content (AvgIpc) is 2.73. The van der Waals surface area contributed by atoms with Gasteiger partial charge in [-0.2, -0.15) is 0 Å². The van der Waals surface area contributed by atoms with Crippen LogP contribution in [0.3, 0.4) is 0 Å². The molecule has 1 aromatic carbocycles. The summed E-state index contributed by atoms with van der Waals surface area (Å²) in [5.74, 6) is 0.577. The molecule has 5 nitrogen and oxygen atoms in total. The first kappa shape index (κ1) is 20.3. The van der Waals surface area contributed by atoms with Crippen LogP contribution in [0.15, 0.2) is 53.7 Å². The van der Waals surface area contributed by atoms with Crippen molar-refractivity contribution >= 4 is 5.96 Å². The summed E-state index contributed by atoms with van der Waals surface area (Å²) in [6.45, 7) is 5.53. The van der Waals surface area contributed by atoms with Gasteiger partial charge in [-0.15, -0.1) is 0 Å². The minimum atomic E-state index is -0.201. The van der Waals surface area contributed by atoms with E-state index in [9.17, 15) is 4.39 Å². The van der Waals surface area contributed by atoms with Crippen molar-refractivity contribution in [1.29, 1.82) is 0 Å². The molecule has 0 radical (unpaired) electrons. The first-order valence-electron chi connectivity index (χ1n) is 9.98. The lowest BCUT2D eigenvalue weighted by atomic mass is 9.74. The molecule has 1 aromatic heterocycles. The minimum Gasteiger partial charge on any atom is -0.381 e. The normalized spacial score (nSPS) is 16.6. The van der Waals surface area contributed by atoms with E-state index in [-0.39, 0.29) is 11.2 Å². The Hall–Kier alpha value is -2.47. The molecule has 0 aliphatic carbocycles. The second kappa shape index (κ2) is 10.2. The van der Waals surface area contributed by atoms with E-state index in [1.165, 1.54) is 6.07 Å². The number of nitrogens with zero attached hydrogens (tertiary/aromatic N) is 2. The molecule has 0 spiro atoms. The fraction of sp³-hybridized carbons (Fsp3) is 0.455. The molecule has 2 aromatic rings. The van der Waals surface area contributed by atoms with Crippen LogP contribution in [-0.2, 0) is 16.6 Å². The van der Waals surface area contributed by atoms with E-state index < -0.39 is 0 Å². The van der Waals surface area contributed by atoms with Gasteiger partial charge < -0.3 is 15.4 Å². The largest absolute Gasteiger partial charge is 0.381 e. The van der Waals surface area contributed by atoms with Crippen molar-refractivity contribution in [3.8, 4) is 0 Å². The van der Waals surface area contributed by atoms with Crippen molar-refractivity contribution in [2.24, 2.45) is 4.99 Å². The molecule has 6 heteroatoms. The Bertz CT molecular complexity index is 760. The molecule has 2 N–H and O–H groups in total. The van der Waals surface area contributed by atoms with Crippen LogP contribution in [-0.4, -0.2) is 43.8 Å². The fourth-order valence-corrected chi connectivity index (χ4v) is 3.55. The Labute approximate surface area is 166 Å². The highest BCUT2D eigenvalue weighted by Gasteiger charge is 2.34. The monoisotopic (exact) mass is 384 g/mol. The smallest absolute Gasteiger partial charge is 0.191 e. The summed E-state index contributed by atoms with van der Waals surface area (Å²) in [6.07, 6.45) is 4.32. The molecule has 150 valence electrons. The van der Waals surface area contributed by atoms with Gasteiger partial charge in [0.2, 0.25) is 0 Å². The topological polar surface area (TPSA) is 58.5 Å². The Morgan fingerprint density at radius 3 is 2.75 bits per heavy atom. The number of halogens is 1. The van der Waals surface area contributed by atoms with E-state index in [0.717, 1.165) is 49.6 Å². The Kier molecular flexibility index (Phi) is 7.37. The summed E-state index contributed by atoms with van der Waals surface area (Å²) in [5.41, 5.74) is 1.86. The number of nitrogens with one attached hydrogen (secondary N) is 2. The van der Waals surface area contributed by atoms with Crippen LogP contribution in [0.25, 0.3) is 0 Å². The third-order valence-electron chi connectivity index (χ3n) is 5.17. The van der Waals surface area contributed by atoms with Gasteiger partial charge in [-0.25, -0.2) is 4.39 Å². The quantitative estimate of drug-likeness (QED) is 0.569. The summed E-state index contributed by atoms with van der Waals surface area (Å²) in [4.78, 5) is 9.19. The van der Waals surface area contributed by atoms with Gasteiger partial charge in [-0.05, 0) is 49.6 Å². The van der Waals surface area contributed by atoms with Crippen molar-refractivity contribution in [2.75, 3.05) is 32.8 Å². The predicted molar refractivity (Wildman–Crippen MR) is 110 cm³/mol. The maximum absolute atomic E-state index is 13.8. The Balaban J connectivity index is 1.69. The molecular formula is C22H29FN4O. The van der Waals surface area contributed by atoms with Crippen molar-refractivity contribution in [2.45, 2.75) is 31.6 Å². The number of guanidine groups is 1. The second-order valence-corrected chi connectivity index (χ2v) is 7.10. The molecule has 1 aliphatic heterocycles. The number of ether oxygens (including phenoxy) is 1. The Morgan fingerprint density at radius 2 is 2.04 bits per heavy atom. The van der Waals surface area contributed by atoms with E-state index in [1.807, 2.05) is 37.4 Å². The molecule has 28 heavy (non-hydrogen) atoms. The van der Waals surface area contributed by atoms with Crippen LogP contribution in [0.4, 0.5) is 4.39 Å². The van der Waals surface area contributed by atoms with Crippen LogP contribution in [0, 0.1) is 5.82 Å². The van der Waals surface area contributed by atoms with Crippen molar-refractivity contribution in [3.05, 3.63) is 65.7 Å². The first-order valence-corrected chi connectivity index (χ1v) is 9.98. The minimum absolute atomic E-state index is 0.191. The standard InChI is InChI=1S/C22H29FN4O/c1-2-24-21(26-13-9-20-8-3-4-12-25-20)27-17-22(10-14-28-15-11-22)18-6-5-7-19(23)16-18/h3-8,12,16H,2,9-11,13-15,17H2,1H3,(H2,24,26,27). The van der Waals surface area contributed by atoms with Gasteiger partial charge in [0, 0.05) is 50.0 Å². The predicted octanol–water partition coefficient (Wildman–Crippen LogP) is 3.07. The van der Waals surface area contributed by atoms with Gasteiger partial charge in [0.15, 0.2) is 5.96 Å². The summed E-state index contributed by atoms with van der Waals surface area (Å²) < 4.78 is 19.4. The average molecular weight is 384 g/mol. The molecule has 3 rings (SSSR count). The molecule has 0 bridgehead atoms. The van der Waals surface area contributed by atoms with Crippen LogP contribution < -0.4 is 10.6 Å². The summed E-state index contributed by atoms with van der Waals surface area (Å²) >= 11 is 0. The molecule has 1 aliphatic rings. The lowest BCUT2D eigenvalue weighted by molar-refractivity contribution is 0.0530. The van der Waals surface area contributed by atoms with E-state index in [2.05, 4.69) is 15.6 Å². The van der Waals surface area contributed by atoms with Gasteiger partial charge in [0.05, 0.1) is 6.54 Å². The first-order chi connectivity index (χ1) is 13.7. The zero-order chi connectivity index (χ0) is 19.7. The number of rotatable bonds is 7. The number of hydrogen-bond acceptors (Lipinski definition) is 3. The molecule has 1 saturated heterocycles. The molecule has 0 amide bonds. The zero-order valence-corrected chi connectivity index (χ0v) is 16.5. The van der Waals surface area contributed by atoms with Gasteiger partial charge in [0.25, 0.3) is 0 Å². The van der Waals surface area contributed by atoms with E-state index in [1.54, 1.807) is 12.1 Å². The van der Waals surface area contributed by atoms with Gasteiger partial charge >= 0.3 is 0 Å². The lowest BCUT2D eigenvalue weighted by Crippen LogP contribution is -2.41. The SMILES string of the molecule is CCNC(=NCC1(c2cccc(F)c2)CCOCC1)NCCc1ccccn1. The van der Waals surface area contributed by atoms with Crippen LogP contribution >= 0.6 is 0 Å². The lowest BCUT2D eigenvalue weighted by Gasteiger charge is -2.36. The third-order valence-corrected chi connectivity index (χ3v) is 5.17. The third kappa shape index (κ3) is 5.52. The van der Waals surface area contributed by atoms with E-state index in [0.29, 0.717) is 19.8 Å². The summed E-state index contributed by atoms with van der Waals surface area (Å²) in [5, 5.41) is 6.68. The number of aromatic nitrogens is 1. The van der Waals surface area contributed by atoms with Crippen molar-refractivity contribution in [1.82, 2.24) is 15.6 Å². The zero-order valence-electron chi connectivity index (χ0n) is 16.5. The number of pyridine rings is 1. The highest BCUT2D eigenvalue weighted by molar-refractivity contribution is 5.79. The second-order valence-electron chi connectivity index (χ2n) is 7.10. The molecule has 0 saturated carbocycles. The summed E-state index contributed by atoms with van der Waals surface area (Å²) in [7, 11) is 0. The van der Waals surface area contributed by atoms with E-state index in [4.69, 9.17) is 9.73 Å². The summed E-state index contributed by atoms with van der Waals surface area (Å²) in [6, 6.07) is 12.9. The van der Waals surface area contributed by atoms with Crippen molar-refractivity contribution < 1.29 is 9.13 Å². The molecular weight excluding hydrogens is 355 g/mol. The van der Waals surface area contributed by atoms with Crippen molar-refractivity contribution in [3.63, 3.8) is 0 Å². The molecule has 2 heterocycles. The number of hydrogen-bond donors (Lipinski definition) is 2. The molecule has 1 fully saturated rings. The molecule has 0 atom stereocenters. The number of aliphatic imine (C=N–C) groups is 1. The highest BCUT2D eigenvalue weighted by atomic mass is 19.1. The van der Waals surface area contributed by atoms with Gasteiger partial charge in [0.1, 0.15) is 5.82 Å². The van der Waals surface area contributed by atoms with Crippen LogP contribution in [0.2, 0.25) is 0 Å². The maximum Gasteiger partial charge on any atom is 0.191 e. The highest BCUT2D eigenvalue weighted by Crippen LogP contribution is 2.35. The van der Waals surface area contributed by atoms with Crippen LogP contribution in [0.5, 0.6) is 0 Å². The van der Waals surface area contributed by atoms with Crippen LogP contribution in [0.1, 0.15) is 31.0 Å². The maximum atomic E-state index is 13.8. The number of benzene rings is 1. The molecule has 0 unspecified atom stereocenters. The fourth-order valence-electron chi connectivity index (χ4n) is 3.55. The van der Waals surface area contributed by atoms with E-state index >= 15 is 0 Å². The van der Waals surface area contributed by atoms with Gasteiger partial charge in [-0.3, -0.25) is 9.98 Å².